The molecule has 0 unspecified atom stereocenters. The molecule has 0 bridgehead atoms. The molecule has 0 radical (unpaired) electrons. The van der Waals surface area contributed by atoms with Crippen LogP contribution in [0.4, 0.5) is 9.59 Å². The highest BCUT2D eigenvalue weighted by Crippen LogP contribution is 2.18. The number of quaternary nitrogens is 1. The highest BCUT2D eigenvalue weighted by molar-refractivity contribution is 5.80. The average molecular weight is 632 g/mol. The molecule has 2 fully saturated rings. The van der Waals surface area contributed by atoms with Gasteiger partial charge in [0.1, 0.15) is 11.2 Å². The summed E-state index contributed by atoms with van der Waals surface area (Å²) in [5.41, 5.74) is -1.38. The molecule has 0 saturated heterocycles. The van der Waals surface area contributed by atoms with E-state index < -0.39 is 54.0 Å². The maximum atomic E-state index is 11.3. The van der Waals surface area contributed by atoms with Gasteiger partial charge in [-0.15, -0.1) is 6.58 Å². The fourth-order valence-corrected chi connectivity index (χ4v) is 4.56. The predicted octanol–water partition coefficient (Wildman–Crippen LogP) is 2.00. The number of ether oxygens (including phenoxy) is 3. The van der Waals surface area contributed by atoms with Crippen LogP contribution in [0.5, 0.6) is 0 Å². The first-order valence-corrected chi connectivity index (χ1v) is 15.5. The third-order valence-corrected chi connectivity index (χ3v) is 6.51. The van der Waals surface area contributed by atoms with Crippen LogP contribution in [0.1, 0.15) is 106 Å². The second-order valence-corrected chi connectivity index (χ2v) is 13.1. The number of carbonyl (C=O) groups excluding carboxylic acids is 3. The molecule has 2 aliphatic carbocycles. The molecule has 2 atom stereocenters. The van der Waals surface area contributed by atoms with E-state index in [2.05, 4.69) is 17.2 Å². The van der Waals surface area contributed by atoms with Gasteiger partial charge < -0.3 is 50.3 Å². The zero-order valence-corrected chi connectivity index (χ0v) is 27.5. The fourth-order valence-electron chi connectivity index (χ4n) is 4.56. The Morgan fingerprint density at radius 2 is 1.25 bits per heavy atom. The standard InChI is InChI=1S/C12H23N.C11H19NO5.C8H15NO5/c1-3-7-11(8-4-1)13-12-9-5-2-6-10-12;1-5-6-16-7-8(9(13)14)12-10(15)17-11(2,3)4;1-8(2,3)14-7(13)9-5(4-10)6(11)12/h11-13H,1-10H2;5,8H,1,6-7H2,2-4H3,(H,12,15)(H,13,14);5,10H,4H2,1-3H3,(H,9,13)(H,11,12)/t;8-;5-/m.00/s1. The van der Waals surface area contributed by atoms with Crippen LogP contribution in [0.3, 0.4) is 0 Å². The number of nitrogens with two attached hydrogens (primary N) is 1. The van der Waals surface area contributed by atoms with E-state index in [-0.39, 0.29) is 13.2 Å². The summed E-state index contributed by atoms with van der Waals surface area (Å²) in [5, 5.41) is 34.7. The quantitative estimate of drug-likeness (QED) is 0.166. The number of alkyl carbamates (subject to hydrolysis) is 2. The van der Waals surface area contributed by atoms with Crippen molar-refractivity contribution in [3.8, 4) is 0 Å². The molecular formula is C31H57N3O10. The molecule has 6 N–H and O–H groups in total. The number of nitrogens with one attached hydrogen (secondary N) is 2. The number of rotatable bonds is 11. The van der Waals surface area contributed by atoms with Crippen LogP contribution < -0.4 is 21.1 Å². The van der Waals surface area contributed by atoms with Gasteiger partial charge in [-0.1, -0.05) is 18.9 Å². The summed E-state index contributed by atoms with van der Waals surface area (Å²) in [7, 11) is 0. The van der Waals surface area contributed by atoms with Crippen molar-refractivity contribution in [3.05, 3.63) is 12.7 Å². The highest BCUT2D eigenvalue weighted by Gasteiger charge is 2.24. The van der Waals surface area contributed by atoms with E-state index in [0.29, 0.717) is 0 Å². The van der Waals surface area contributed by atoms with E-state index >= 15 is 0 Å². The number of aliphatic carboxylic acids is 2. The smallest absolute Gasteiger partial charge is 0.408 e. The molecule has 13 heteroatoms. The van der Waals surface area contributed by atoms with Gasteiger partial charge in [-0.2, -0.15) is 0 Å². The van der Waals surface area contributed by atoms with Crippen LogP contribution >= 0.6 is 0 Å². The van der Waals surface area contributed by atoms with E-state index in [1.165, 1.54) is 70.3 Å². The largest absolute Gasteiger partial charge is 0.548 e. The molecule has 0 heterocycles. The first-order chi connectivity index (χ1) is 20.5. The summed E-state index contributed by atoms with van der Waals surface area (Å²) in [6.07, 6.45) is 14.7. The minimum atomic E-state index is -1.43. The van der Waals surface area contributed by atoms with Crippen LogP contribution in [0.2, 0.25) is 0 Å². The Labute approximate surface area is 262 Å². The summed E-state index contributed by atoms with van der Waals surface area (Å²) in [5.74, 6) is -2.74. The van der Waals surface area contributed by atoms with Gasteiger partial charge in [-0.25, -0.2) is 14.4 Å². The number of hydrogen-bond acceptors (Lipinski definition) is 9. The van der Waals surface area contributed by atoms with Gasteiger partial charge in [0.2, 0.25) is 0 Å². The molecule has 256 valence electrons. The first kappa shape index (κ1) is 41.1. The Balaban J connectivity index is 0.000000635. The molecule has 0 spiro atoms. The molecular weight excluding hydrogens is 574 g/mol. The average Bonchev–Trinajstić information content (AvgIpc) is 2.91. The minimum Gasteiger partial charge on any atom is -0.548 e. The molecule has 13 nitrogen and oxygen atoms in total. The lowest BCUT2D eigenvalue weighted by molar-refractivity contribution is -0.725. The van der Waals surface area contributed by atoms with Gasteiger partial charge in [0.25, 0.3) is 0 Å². The van der Waals surface area contributed by atoms with E-state index in [0.717, 1.165) is 12.1 Å². The third kappa shape index (κ3) is 22.6. The second-order valence-electron chi connectivity index (χ2n) is 13.1. The van der Waals surface area contributed by atoms with Crippen molar-refractivity contribution < 1.29 is 54.0 Å². The molecule has 0 aromatic rings. The zero-order valence-electron chi connectivity index (χ0n) is 27.5. The molecule has 2 saturated carbocycles. The first-order valence-electron chi connectivity index (χ1n) is 15.5. The van der Waals surface area contributed by atoms with E-state index in [1.54, 1.807) is 41.5 Å². The number of carbonyl (C=O) groups is 4. The van der Waals surface area contributed by atoms with Crippen LogP contribution in [0, 0.1) is 0 Å². The van der Waals surface area contributed by atoms with Gasteiger partial charge in [-0.3, -0.25) is 0 Å². The number of amides is 2. The summed E-state index contributed by atoms with van der Waals surface area (Å²) < 4.78 is 14.6. The van der Waals surface area contributed by atoms with Crippen LogP contribution in [-0.2, 0) is 23.8 Å². The van der Waals surface area contributed by atoms with Crippen molar-refractivity contribution in [2.45, 2.75) is 141 Å². The normalized spacial score (nSPS) is 17.2. The molecule has 0 aliphatic heterocycles. The monoisotopic (exact) mass is 631 g/mol. The van der Waals surface area contributed by atoms with Crippen LogP contribution in [0.15, 0.2) is 12.7 Å². The van der Waals surface area contributed by atoms with Crippen LogP contribution in [0.25, 0.3) is 0 Å². The van der Waals surface area contributed by atoms with Gasteiger partial charge in [0.15, 0.2) is 6.04 Å². The lowest BCUT2D eigenvalue weighted by atomic mass is 9.91. The summed E-state index contributed by atoms with van der Waals surface area (Å²) in [6.45, 7) is 12.7. The summed E-state index contributed by atoms with van der Waals surface area (Å²) >= 11 is 0. The van der Waals surface area contributed by atoms with Crippen molar-refractivity contribution in [3.63, 3.8) is 0 Å². The zero-order chi connectivity index (χ0) is 33.8. The molecule has 0 aromatic carbocycles. The Morgan fingerprint density at radius 3 is 1.57 bits per heavy atom. The topological polar surface area (TPSA) is 200 Å². The Hall–Kier alpha value is -2.90. The number of carboxylic acid groups (broad SMARTS) is 2. The number of hydrogen-bond donors (Lipinski definition) is 5. The third-order valence-electron chi connectivity index (χ3n) is 6.51. The molecule has 2 aliphatic rings. The van der Waals surface area contributed by atoms with Gasteiger partial charge in [0.05, 0.1) is 43.9 Å². The SMILES string of the molecule is C1CCC([NH2+]C2CCCCC2)CC1.C=CCOC[C@H](NC(=O)OC(C)(C)C)C(=O)[O-].CC(C)(C)OC(=O)N[C@@H](CO)C(=O)O. The predicted molar refractivity (Wildman–Crippen MR) is 163 cm³/mol. The maximum absolute atomic E-state index is 11.3. The lowest BCUT2D eigenvalue weighted by Crippen LogP contribution is -2.95. The summed E-state index contributed by atoms with van der Waals surface area (Å²) in [4.78, 5) is 43.4. The van der Waals surface area contributed by atoms with Crippen molar-refractivity contribution in [2.75, 3.05) is 19.8 Å². The van der Waals surface area contributed by atoms with E-state index in [1.807, 2.05) is 5.32 Å². The number of aliphatic hydroxyl groups is 1. The molecule has 44 heavy (non-hydrogen) atoms. The molecule has 0 aromatic heterocycles. The number of aliphatic hydroxyl groups excluding tert-OH is 1. The lowest BCUT2D eigenvalue weighted by Gasteiger charge is -2.27. The minimum absolute atomic E-state index is 0.194. The second kappa shape index (κ2) is 21.7. The Morgan fingerprint density at radius 1 is 0.841 bits per heavy atom. The van der Waals surface area contributed by atoms with Crippen LogP contribution in [-0.4, -0.2) is 89.5 Å². The van der Waals surface area contributed by atoms with Gasteiger partial charge in [-0.05, 0) is 92.9 Å². The van der Waals surface area contributed by atoms with Gasteiger partial charge >= 0.3 is 18.2 Å². The van der Waals surface area contributed by atoms with E-state index in [4.69, 9.17) is 24.4 Å². The Bertz CT molecular complexity index is 842. The van der Waals surface area contributed by atoms with Crippen molar-refractivity contribution in [1.29, 1.82) is 0 Å². The van der Waals surface area contributed by atoms with Gasteiger partial charge in [0, 0.05) is 0 Å². The molecule has 2 amide bonds. The fraction of sp³-hybridized carbons (Fsp3) is 0.806. The van der Waals surface area contributed by atoms with Crippen molar-refractivity contribution in [2.24, 2.45) is 0 Å². The maximum Gasteiger partial charge on any atom is 0.408 e. The van der Waals surface area contributed by atoms with E-state index in [9.17, 15) is 24.3 Å². The summed E-state index contributed by atoms with van der Waals surface area (Å²) in [6, 6.07) is -0.580. The highest BCUT2D eigenvalue weighted by atomic mass is 16.6. The number of carboxylic acids is 2. The Kier molecular flexibility index (Phi) is 20.3. The van der Waals surface area contributed by atoms with Crippen molar-refractivity contribution >= 4 is 24.1 Å². The van der Waals surface area contributed by atoms with Crippen molar-refractivity contribution in [1.82, 2.24) is 10.6 Å². The molecule has 2 rings (SSSR count).